The van der Waals surface area contributed by atoms with Gasteiger partial charge in [-0.05, 0) is 106 Å². The molecule has 2 rings (SSSR count). The zero-order chi connectivity index (χ0) is 29.9. The first-order valence-corrected chi connectivity index (χ1v) is 14.5. The highest BCUT2D eigenvalue weighted by Gasteiger charge is 2.35. The van der Waals surface area contributed by atoms with E-state index in [1.54, 1.807) is 6.92 Å². The van der Waals surface area contributed by atoms with Crippen LogP contribution >= 0.6 is 0 Å². The standard InChI is InChI=1S/C29H50N4O7/c1-8-38-18-17-24(34)32-25(35)30-21-11-9-20(10-12-21)19-33(27(37)40-29(5,6)7)23-15-13-22(14-16-23)31-26(36)39-28(2,3)4/h17-18,20-23H,8-16,19H2,1-7H3,(H,31,36)(H2,30,32,34,35). The molecule has 228 valence electrons. The van der Waals surface area contributed by atoms with Crippen LogP contribution in [0.5, 0.6) is 0 Å². The molecule has 2 saturated carbocycles. The fraction of sp³-hybridized carbons (Fsp3) is 0.793. The van der Waals surface area contributed by atoms with Crippen molar-refractivity contribution in [3.8, 4) is 0 Å². The minimum Gasteiger partial charge on any atom is -0.501 e. The van der Waals surface area contributed by atoms with Crippen molar-refractivity contribution < 1.29 is 33.4 Å². The van der Waals surface area contributed by atoms with Gasteiger partial charge in [-0.2, -0.15) is 0 Å². The minimum absolute atomic E-state index is 0.0146. The van der Waals surface area contributed by atoms with Gasteiger partial charge in [0.15, 0.2) is 0 Å². The van der Waals surface area contributed by atoms with E-state index in [1.165, 1.54) is 12.3 Å². The smallest absolute Gasteiger partial charge is 0.410 e. The molecule has 0 aromatic rings. The summed E-state index contributed by atoms with van der Waals surface area (Å²) < 4.78 is 16.1. The van der Waals surface area contributed by atoms with Crippen LogP contribution in [-0.2, 0) is 19.0 Å². The van der Waals surface area contributed by atoms with E-state index in [0.29, 0.717) is 13.2 Å². The Kier molecular flexibility index (Phi) is 12.6. The zero-order valence-electron chi connectivity index (χ0n) is 25.3. The van der Waals surface area contributed by atoms with Crippen molar-refractivity contribution in [2.45, 2.75) is 129 Å². The van der Waals surface area contributed by atoms with Crippen molar-refractivity contribution in [2.75, 3.05) is 13.2 Å². The number of alkyl carbamates (subject to hydrolysis) is 1. The number of hydrogen-bond acceptors (Lipinski definition) is 7. The summed E-state index contributed by atoms with van der Waals surface area (Å²) in [4.78, 5) is 51.3. The van der Waals surface area contributed by atoms with Crippen LogP contribution in [0.1, 0.15) is 99.8 Å². The molecule has 11 heteroatoms. The molecular weight excluding hydrogens is 516 g/mol. The van der Waals surface area contributed by atoms with E-state index >= 15 is 0 Å². The maximum atomic E-state index is 13.3. The molecule has 0 atom stereocenters. The Balaban J connectivity index is 1.89. The fourth-order valence-corrected chi connectivity index (χ4v) is 5.05. The first-order valence-electron chi connectivity index (χ1n) is 14.5. The lowest BCUT2D eigenvalue weighted by Gasteiger charge is -2.40. The second-order valence-electron chi connectivity index (χ2n) is 12.7. The van der Waals surface area contributed by atoms with Gasteiger partial charge in [0, 0.05) is 30.7 Å². The summed E-state index contributed by atoms with van der Waals surface area (Å²) in [5.74, 6) is -0.259. The second-order valence-corrected chi connectivity index (χ2v) is 12.7. The summed E-state index contributed by atoms with van der Waals surface area (Å²) in [7, 11) is 0. The number of carbonyl (C=O) groups is 4. The average molecular weight is 567 g/mol. The van der Waals surface area contributed by atoms with Crippen LogP contribution in [0.3, 0.4) is 0 Å². The molecule has 0 aromatic carbocycles. The highest BCUT2D eigenvalue weighted by atomic mass is 16.6. The van der Waals surface area contributed by atoms with Crippen LogP contribution in [0.4, 0.5) is 14.4 Å². The van der Waals surface area contributed by atoms with E-state index in [2.05, 4.69) is 16.0 Å². The van der Waals surface area contributed by atoms with Crippen molar-refractivity contribution in [3.63, 3.8) is 0 Å². The molecule has 11 nitrogen and oxygen atoms in total. The molecule has 0 radical (unpaired) electrons. The van der Waals surface area contributed by atoms with Gasteiger partial charge in [0.1, 0.15) is 11.2 Å². The number of amides is 5. The molecule has 2 aliphatic rings. The van der Waals surface area contributed by atoms with E-state index < -0.39 is 29.2 Å². The first kappa shape index (κ1) is 33.2. The molecule has 40 heavy (non-hydrogen) atoms. The van der Waals surface area contributed by atoms with Crippen molar-refractivity contribution in [3.05, 3.63) is 12.3 Å². The van der Waals surface area contributed by atoms with Gasteiger partial charge in [-0.25, -0.2) is 14.4 Å². The molecule has 2 aliphatic carbocycles. The number of ether oxygens (including phenoxy) is 3. The number of nitrogens with one attached hydrogen (secondary N) is 3. The van der Waals surface area contributed by atoms with Crippen LogP contribution in [0.25, 0.3) is 0 Å². The molecule has 0 aromatic heterocycles. The Morgan fingerprint density at radius 2 is 1.35 bits per heavy atom. The number of hydrogen-bond donors (Lipinski definition) is 3. The molecule has 0 spiro atoms. The Bertz CT molecular complexity index is 878. The summed E-state index contributed by atoms with van der Waals surface area (Å²) in [6.45, 7) is 13.9. The Hall–Kier alpha value is -2.98. The molecule has 0 bridgehead atoms. The van der Waals surface area contributed by atoms with Gasteiger partial charge in [0.2, 0.25) is 0 Å². The summed E-state index contributed by atoms with van der Waals surface area (Å²) in [5, 5.41) is 8.11. The van der Waals surface area contributed by atoms with Crippen molar-refractivity contribution in [1.29, 1.82) is 0 Å². The molecule has 0 aliphatic heterocycles. The molecule has 3 N–H and O–H groups in total. The topological polar surface area (TPSA) is 135 Å². The quantitative estimate of drug-likeness (QED) is 0.278. The third-order valence-electron chi connectivity index (χ3n) is 6.84. The van der Waals surface area contributed by atoms with Gasteiger partial charge < -0.3 is 29.7 Å². The third-order valence-corrected chi connectivity index (χ3v) is 6.84. The monoisotopic (exact) mass is 566 g/mol. The highest BCUT2D eigenvalue weighted by molar-refractivity contribution is 6.00. The Labute approximate surface area is 239 Å². The van der Waals surface area contributed by atoms with E-state index in [0.717, 1.165) is 51.4 Å². The van der Waals surface area contributed by atoms with Crippen LogP contribution in [0, 0.1) is 5.92 Å². The Morgan fingerprint density at radius 3 is 1.90 bits per heavy atom. The number of carbonyl (C=O) groups excluding carboxylic acids is 4. The maximum Gasteiger partial charge on any atom is 0.410 e. The lowest BCUT2D eigenvalue weighted by molar-refractivity contribution is -0.115. The first-order chi connectivity index (χ1) is 18.6. The van der Waals surface area contributed by atoms with Gasteiger partial charge in [-0.1, -0.05) is 0 Å². The molecule has 2 fully saturated rings. The van der Waals surface area contributed by atoms with Gasteiger partial charge in [-0.3, -0.25) is 10.1 Å². The van der Waals surface area contributed by atoms with Crippen LogP contribution in [0.2, 0.25) is 0 Å². The number of urea groups is 1. The van der Waals surface area contributed by atoms with E-state index in [-0.39, 0.29) is 30.1 Å². The van der Waals surface area contributed by atoms with E-state index in [9.17, 15) is 19.2 Å². The van der Waals surface area contributed by atoms with E-state index in [4.69, 9.17) is 14.2 Å². The number of rotatable bonds is 8. The van der Waals surface area contributed by atoms with Crippen molar-refractivity contribution in [2.24, 2.45) is 5.92 Å². The van der Waals surface area contributed by atoms with Crippen molar-refractivity contribution in [1.82, 2.24) is 20.9 Å². The largest absolute Gasteiger partial charge is 0.501 e. The number of imide groups is 1. The molecule has 0 heterocycles. The van der Waals surface area contributed by atoms with Crippen LogP contribution < -0.4 is 16.0 Å². The summed E-state index contributed by atoms with van der Waals surface area (Å²) in [6, 6.07) is -0.518. The SMILES string of the molecule is CCOC=CC(=O)NC(=O)NC1CCC(CN(C(=O)OC(C)(C)C)C2CCC(NC(=O)OC(C)(C)C)CC2)CC1. The van der Waals surface area contributed by atoms with Gasteiger partial charge in [0.25, 0.3) is 5.91 Å². The minimum atomic E-state index is -0.602. The molecule has 5 amide bonds. The zero-order valence-corrected chi connectivity index (χ0v) is 25.3. The Morgan fingerprint density at radius 1 is 0.800 bits per heavy atom. The van der Waals surface area contributed by atoms with Gasteiger partial charge in [0.05, 0.1) is 12.9 Å². The highest BCUT2D eigenvalue weighted by Crippen LogP contribution is 2.30. The third kappa shape index (κ3) is 12.9. The molecule has 0 unspecified atom stereocenters. The lowest BCUT2D eigenvalue weighted by atomic mass is 9.84. The van der Waals surface area contributed by atoms with Crippen LogP contribution in [0.15, 0.2) is 12.3 Å². The van der Waals surface area contributed by atoms with Crippen LogP contribution in [-0.4, -0.2) is 71.5 Å². The fourth-order valence-electron chi connectivity index (χ4n) is 5.05. The summed E-state index contributed by atoms with van der Waals surface area (Å²) in [5.41, 5.74) is -1.15. The summed E-state index contributed by atoms with van der Waals surface area (Å²) in [6.07, 6.45) is 7.97. The number of nitrogens with zero attached hydrogens (tertiary/aromatic N) is 1. The maximum absolute atomic E-state index is 13.3. The lowest BCUT2D eigenvalue weighted by Crippen LogP contribution is -2.50. The molecule has 0 saturated heterocycles. The average Bonchev–Trinajstić information content (AvgIpc) is 2.82. The predicted molar refractivity (Wildman–Crippen MR) is 152 cm³/mol. The molecular formula is C29H50N4O7. The summed E-state index contributed by atoms with van der Waals surface area (Å²) >= 11 is 0. The van der Waals surface area contributed by atoms with Gasteiger partial charge in [-0.15, -0.1) is 0 Å². The van der Waals surface area contributed by atoms with Gasteiger partial charge >= 0.3 is 18.2 Å². The predicted octanol–water partition coefficient (Wildman–Crippen LogP) is 4.99. The normalized spacial score (nSPS) is 23.6. The van der Waals surface area contributed by atoms with Crippen molar-refractivity contribution >= 4 is 24.1 Å². The second kappa shape index (κ2) is 15.1. The van der Waals surface area contributed by atoms with E-state index in [1.807, 2.05) is 46.4 Å².